The van der Waals surface area contributed by atoms with Crippen LogP contribution >= 0.6 is 0 Å². The van der Waals surface area contributed by atoms with Crippen molar-refractivity contribution in [1.29, 1.82) is 0 Å². The zero-order valence-electron chi connectivity index (χ0n) is 12.2. The summed E-state index contributed by atoms with van der Waals surface area (Å²) in [7, 11) is 0. The van der Waals surface area contributed by atoms with Gasteiger partial charge in [-0.25, -0.2) is 0 Å². The van der Waals surface area contributed by atoms with E-state index in [1.807, 2.05) is 0 Å². The van der Waals surface area contributed by atoms with Crippen molar-refractivity contribution in [1.82, 2.24) is 0 Å². The summed E-state index contributed by atoms with van der Waals surface area (Å²) in [6.07, 6.45) is 0.680. The first kappa shape index (κ1) is 13.4. The molecule has 0 radical (unpaired) electrons. The summed E-state index contributed by atoms with van der Waals surface area (Å²) in [6.45, 7) is 12.7. The van der Waals surface area contributed by atoms with Crippen LogP contribution in [0.3, 0.4) is 0 Å². The molecular weight excluding hydrogens is 222 g/mol. The summed E-state index contributed by atoms with van der Waals surface area (Å²) in [4.78, 5) is 2.44. The van der Waals surface area contributed by atoms with Gasteiger partial charge in [-0.1, -0.05) is 31.5 Å². The quantitative estimate of drug-likeness (QED) is 0.823. The van der Waals surface area contributed by atoms with E-state index >= 15 is 0 Å². The van der Waals surface area contributed by atoms with Gasteiger partial charge in [-0.2, -0.15) is 0 Å². The molecule has 1 aromatic rings. The molecule has 1 aliphatic heterocycles. The van der Waals surface area contributed by atoms with Crippen LogP contribution in [0.4, 0.5) is 5.69 Å². The van der Waals surface area contributed by atoms with E-state index in [0.29, 0.717) is 0 Å². The fraction of sp³-hybridized carbons (Fsp3) is 0.625. The molecule has 1 fully saturated rings. The highest BCUT2D eigenvalue weighted by Crippen LogP contribution is 2.35. The SMILES string of the molecule is Cc1cc(C)c(N2CCC(O)C(C)(C)C2)c(C)c1. The maximum atomic E-state index is 10.1. The van der Waals surface area contributed by atoms with Crippen LogP contribution in [0.1, 0.15) is 37.0 Å². The third kappa shape index (κ3) is 2.39. The Morgan fingerprint density at radius 2 is 1.72 bits per heavy atom. The number of hydrogen-bond acceptors (Lipinski definition) is 2. The average Bonchev–Trinajstić information content (AvgIpc) is 2.21. The third-order valence-corrected chi connectivity index (χ3v) is 4.12. The number of hydrogen-bond donors (Lipinski definition) is 1. The number of aliphatic hydroxyl groups is 1. The lowest BCUT2D eigenvalue weighted by Gasteiger charge is -2.44. The highest BCUT2D eigenvalue weighted by Gasteiger charge is 2.35. The molecule has 1 aliphatic rings. The monoisotopic (exact) mass is 247 g/mol. The Morgan fingerprint density at radius 3 is 2.22 bits per heavy atom. The standard InChI is InChI=1S/C16H25NO/c1-11-8-12(2)15(13(3)9-11)17-7-6-14(18)16(4,5)10-17/h8-9,14,18H,6-7,10H2,1-5H3. The first-order valence-corrected chi connectivity index (χ1v) is 6.82. The zero-order chi connectivity index (χ0) is 13.5. The van der Waals surface area contributed by atoms with Crippen molar-refractivity contribution >= 4 is 5.69 Å². The highest BCUT2D eigenvalue weighted by atomic mass is 16.3. The summed E-state index contributed by atoms with van der Waals surface area (Å²) in [5, 5.41) is 10.1. The zero-order valence-corrected chi connectivity index (χ0v) is 12.2. The van der Waals surface area contributed by atoms with Crippen LogP contribution in [0.2, 0.25) is 0 Å². The Morgan fingerprint density at radius 1 is 1.17 bits per heavy atom. The van der Waals surface area contributed by atoms with E-state index in [9.17, 15) is 5.11 Å². The van der Waals surface area contributed by atoms with Crippen molar-refractivity contribution in [2.75, 3.05) is 18.0 Å². The van der Waals surface area contributed by atoms with Crippen LogP contribution < -0.4 is 4.90 Å². The molecule has 1 aromatic carbocycles. The van der Waals surface area contributed by atoms with E-state index < -0.39 is 0 Å². The molecule has 0 amide bonds. The van der Waals surface area contributed by atoms with Crippen molar-refractivity contribution < 1.29 is 5.11 Å². The smallest absolute Gasteiger partial charge is 0.0624 e. The van der Waals surface area contributed by atoms with Crippen LogP contribution in [-0.4, -0.2) is 24.3 Å². The molecule has 1 heterocycles. The van der Waals surface area contributed by atoms with Gasteiger partial charge < -0.3 is 10.0 Å². The number of benzene rings is 1. The summed E-state index contributed by atoms with van der Waals surface area (Å²) >= 11 is 0. The maximum Gasteiger partial charge on any atom is 0.0624 e. The third-order valence-electron chi connectivity index (χ3n) is 4.12. The van der Waals surface area contributed by atoms with Crippen molar-refractivity contribution in [2.24, 2.45) is 5.41 Å². The second kappa shape index (κ2) is 4.58. The molecule has 0 spiro atoms. The van der Waals surface area contributed by atoms with Crippen LogP contribution in [0.15, 0.2) is 12.1 Å². The van der Waals surface area contributed by atoms with Crippen LogP contribution in [0.5, 0.6) is 0 Å². The van der Waals surface area contributed by atoms with Crippen LogP contribution in [-0.2, 0) is 0 Å². The Kier molecular flexibility index (Phi) is 3.41. The molecule has 1 saturated heterocycles. The summed E-state index contributed by atoms with van der Waals surface area (Å²) in [5.74, 6) is 0. The van der Waals surface area contributed by atoms with E-state index in [1.165, 1.54) is 22.4 Å². The van der Waals surface area contributed by atoms with Gasteiger partial charge in [-0.05, 0) is 38.3 Å². The van der Waals surface area contributed by atoms with Gasteiger partial charge in [-0.3, -0.25) is 0 Å². The van der Waals surface area contributed by atoms with Gasteiger partial charge >= 0.3 is 0 Å². The summed E-state index contributed by atoms with van der Waals surface area (Å²) in [6, 6.07) is 4.50. The van der Waals surface area contributed by atoms with Gasteiger partial charge in [0.25, 0.3) is 0 Å². The molecule has 2 rings (SSSR count). The van der Waals surface area contributed by atoms with Crippen molar-refractivity contribution in [3.8, 4) is 0 Å². The van der Waals surface area contributed by atoms with Crippen LogP contribution in [0, 0.1) is 26.2 Å². The maximum absolute atomic E-state index is 10.1. The minimum Gasteiger partial charge on any atom is -0.392 e. The molecule has 1 atom stereocenters. The van der Waals surface area contributed by atoms with Gasteiger partial charge in [0.2, 0.25) is 0 Å². The first-order chi connectivity index (χ1) is 8.31. The number of aliphatic hydroxyl groups excluding tert-OH is 1. The van der Waals surface area contributed by atoms with Crippen molar-refractivity contribution in [2.45, 2.75) is 47.1 Å². The first-order valence-electron chi connectivity index (χ1n) is 6.82. The molecular formula is C16H25NO. The van der Waals surface area contributed by atoms with E-state index in [2.05, 4.69) is 51.7 Å². The minimum atomic E-state index is -0.181. The number of aryl methyl sites for hydroxylation is 3. The molecule has 1 unspecified atom stereocenters. The van der Waals surface area contributed by atoms with Gasteiger partial charge in [0, 0.05) is 24.2 Å². The predicted octanol–water partition coefficient (Wildman–Crippen LogP) is 3.21. The van der Waals surface area contributed by atoms with Crippen LogP contribution in [0.25, 0.3) is 0 Å². The lowest BCUT2D eigenvalue weighted by Crippen LogP contribution is -2.49. The molecule has 0 aromatic heterocycles. The topological polar surface area (TPSA) is 23.5 Å². The fourth-order valence-corrected chi connectivity index (χ4v) is 3.21. The lowest BCUT2D eigenvalue weighted by atomic mass is 9.80. The molecule has 100 valence electrons. The van der Waals surface area contributed by atoms with E-state index in [4.69, 9.17) is 0 Å². The fourth-order valence-electron chi connectivity index (χ4n) is 3.21. The molecule has 2 nitrogen and oxygen atoms in total. The number of piperidine rings is 1. The van der Waals surface area contributed by atoms with Gasteiger partial charge in [0.15, 0.2) is 0 Å². The molecule has 18 heavy (non-hydrogen) atoms. The predicted molar refractivity (Wildman–Crippen MR) is 77.3 cm³/mol. The normalized spacial score (nSPS) is 23.2. The average molecular weight is 247 g/mol. The number of anilines is 1. The van der Waals surface area contributed by atoms with E-state index in [0.717, 1.165) is 19.5 Å². The number of nitrogens with zero attached hydrogens (tertiary/aromatic N) is 1. The second-order valence-corrected chi connectivity index (χ2v) is 6.46. The largest absolute Gasteiger partial charge is 0.392 e. The van der Waals surface area contributed by atoms with Gasteiger partial charge in [-0.15, -0.1) is 0 Å². The molecule has 0 saturated carbocycles. The van der Waals surface area contributed by atoms with Gasteiger partial charge in [0.1, 0.15) is 0 Å². The lowest BCUT2D eigenvalue weighted by molar-refractivity contribution is 0.0335. The Bertz CT molecular complexity index is 427. The Balaban J connectivity index is 2.33. The van der Waals surface area contributed by atoms with Gasteiger partial charge in [0.05, 0.1) is 6.10 Å². The Labute approximate surface area is 111 Å². The number of rotatable bonds is 1. The summed E-state index contributed by atoms with van der Waals surface area (Å²) < 4.78 is 0. The molecule has 1 N–H and O–H groups in total. The Hall–Kier alpha value is -1.02. The van der Waals surface area contributed by atoms with E-state index in [-0.39, 0.29) is 11.5 Å². The molecule has 0 aliphatic carbocycles. The minimum absolute atomic E-state index is 0.0258. The summed E-state index contributed by atoms with van der Waals surface area (Å²) in [5.41, 5.74) is 5.35. The molecule has 2 heteroatoms. The van der Waals surface area contributed by atoms with Crippen molar-refractivity contribution in [3.05, 3.63) is 28.8 Å². The second-order valence-electron chi connectivity index (χ2n) is 6.46. The van der Waals surface area contributed by atoms with Crippen molar-refractivity contribution in [3.63, 3.8) is 0 Å². The molecule has 0 bridgehead atoms. The van der Waals surface area contributed by atoms with E-state index in [1.54, 1.807) is 0 Å². The highest BCUT2D eigenvalue weighted by molar-refractivity contribution is 5.60.